The smallest absolute Gasteiger partial charge is 0.254 e. The van der Waals surface area contributed by atoms with Crippen molar-refractivity contribution in [2.75, 3.05) is 25.4 Å². The normalized spacial score (nSPS) is 19.5. The summed E-state index contributed by atoms with van der Waals surface area (Å²) in [6, 6.07) is 5.49. The Morgan fingerprint density at radius 1 is 1.53 bits per heavy atom. The Bertz CT molecular complexity index is 457. The van der Waals surface area contributed by atoms with Crippen LogP contribution in [0.5, 0.6) is 0 Å². The molecule has 0 bridgehead atoms. The molecule has 4 nitrogen and oxygen atoms in total. The van der Waals surface area contributed by atoms with Gasteiger partial charge in [0.15, 0.2) is 0 Å². The lowest BCUT2D eigenvalue weighted by atomic mass is 10.0. The van der Waals surface area contributed by atoms with Gasteiger partial charge in [0.2, 0.25) is 0 Å². The number of likely N-dealkylation sites (tertiary alicyclic amines) is 1. The van der Waals surface area contributed by atoms with Crippen molar-refractivity contribution in [1.82, 2.24) is 4.90 Å². The molecule has 0 radical (unpaired) electrons. The van der Waals surface area contributed by atoms with Crippen molar-refractivity contribution in [3.63, 3.8) is 0 Å². The Morgan fingerprint density at radius 2 is 2.32 bits per heavy atom. The molecule has 1 heterocycles. The zero-order valence-electron chi connectivity index (χ0n) is 11.7. The average Bonchev–Trinajstić information content (AvgIpc) is 2.41. The zero-order chi connectivity index (χ0) is 13.8. The highest BCUT2D eigenvalue weighted by Gasteiger charge is 2.25. The van der Waals surface area contributed by atoms with Crippen LogP contribution in [0.3, 0.4) is 0 Å². The lowest BCUT2D eigenvalue weighted by molar-refractivity contribution is 0.00722. The molecular formula is C15H22N2O2. The summed E-state index contributed by atoms with van der Waals surface area (Å²) >= 11 is 0. The third-order valence-electron chi connectivity index (χ3n) is 3.56. The number of carbonyl (C=O) groups excluding carboxylic acids is 1. The Morgan fingerprint density at radius 3 is 3.05 bits per heavy atom. The number of rotatable bonds is 3. The summed E-state index contributed by atoms with van der Waals surface area (Å²) in [5.74, 6) is 0.0641. The summed E-state index contributed by atoms with van der Waals surface area (Å²) in [6.45, 7) is 6.11. The standard InChI is InChI=1S/C15H22N2O2/c1-3-19-13-5-4-8-17(10-13)15(18)14-9-12(16)7-6-11(14)2/h6-7,9,13H,3-5,8,10,16H2,1-2H3. The van der Waals surface area contributed by atoms with E-state index in [1.54, 1.807) is 6.07 Å². The van der Waals surface area contributed by atoms with Gasteiger partial charge in [-0.25, -0.2) is 0 Å². The molecule has 19 heavy (non-hydrogen) atoms. The lowest BCUT2D eigenvalue weighted by Crippen LogP contribution is -2.43. The van der Waals surface area contributed by atoms with Crippen LogP contribution in [0.4, 0.5) is 5.69 Å². The van der Waals surface area contributed by atoms with Crippen molar-refractivity contribution in [1.29, 1.82) is 0 Å². The van der Waals surface area contributed by atoms with Gasteiger partial charge in [-0.1, -0.05) is 6.07 Å². The lowest BCUT2D eigenvalue weighted by Gasteiger charge is -2.32. The quantitative estimate of drug-likeness (QED) is 0.850. The van der Waals surface area contributed by atoms with Crippen LogP contribution in [0.2, 0.25) is 0 Å². The molecule has 0 saturated carbocycles. The fourth-order valence-corrected chi connectivity index (χ4v) is 2.53. The molecule has 1 aromatic carbocycles. The fraction of sp³-hybridized carbons (Fsp3) is 0.533. The van der Waals surface area contributed by atoms with Gasteiger partial charge >= 0.3 is 0 Å². The van der Waals surface area contributed by atoms with Crippen LogP contribution in [0, 0.1) is 6.92 Å². The highest BCUT2D eigenvalue weighted by molar-refractivity contribution is 5.96. The van der Waals surface area contributed by atoms with E-state index in [4.69, 9.17) is 10.5 Å². The molecule has 4 heteroatoms. The molecule has 1 aliphatic heterocycles. The summed E-state index contributed by atoms with van der Waals surface area (Å²) in [4.78, 5) is 14.4. The average molecular weight is 262 g/mol. The van der Waals surface area contributed by atoms with E-state index in [0.29, 0.717) is 24.4 Å². The summed E-state index contributed by atoms with van der Waals surface area (Å²) in [6.07, 6.45) is 2.20. The zero-order valence-corrected chi connectivity index (χ0v) is 11.7. The second kappa shape index (κ2) is 6.06. The van der Waals surface area contributed by atoms with Crippen LogP contribution < -0.4 is 5.73 Å². The summed E-state index contributed by atoms with van der Waals surface area (Å²) < 4.78 is 5.63. The van der Waals surface area contributed by atoms with Crippen molar-refractivity contribution < 1.29 is 9.53 Å². The predicted molar refractivity (Wildman–Crippen MR) is 76.1 cm³/mol. The first-order valence-corrected chi connectivity index (χ1v) is 6.88. The Labute approximate surface area is 114 Å². The molecule has 2 N–H and O–H groups in total. The van der Waals surface area contributed by atoms with Gasteiger partial charge in [-0.05, 0) is 44.4 Å². The summed E-state index contributed by atoms with van der Waals surface area (Å²) in [7, 11) is 0. The first-order chi connectivity index (χ1) is 9.11. The van der Waals surface area contributed by atoms with Crippen molar-refractivity contribution in [3.05, 3.63) is 29.3 Å². The number of amides is 1. The topological polar surface area (TPSA) is 55.6 Å². The van der Waals surface area contributed by atoms with E-state index < -0.39 is 0 Å². The van der Waals surface area contributed by atoms with Gasteiger partial charge in [0, 0.05) is 30.9 Å². The van der Waals surface area contributed by atoms with Crippen LogP contribution in [0.1, 0.15) is 35.7 Å². The van der Waals surface area contributed by atoms with Gasteiger partial charge in [-0.15, -0.1) is 0 Å². The Hall–Kier alpha value is -1.55. The predicted octanol–water partition coefficient (Wildman–Crippen LogP) is 2.22. The number of nitrogens with two attached hydrogens (primary N) is 1. The number of hydrogen-bond donors (Lipinski definition) is 1. The maximum atomic E-state index is 12.5. The summed E-state index contributed by atoms with van der Waals surface area (Å²) in [5, 5.41) is 0. The maximum Gasteiger partial charge on any atom is 0.254 e. The van der Waals surface area contributed by atoms with E-state index in [0.717, 1.165) is 24.9 Å². The number of carbonyl (C=O) groups is 1. The first-order valence-electron chi connectivity index (χ1n) is 6.88. The van der Waals surface area contributed by atoms with Gasteiger partial charge in [-0.3, -0.25) is 4.79 Å². The maximum absolute atomic E-state index is 12.5. The Kier molecular flexibility index (Phi) is 4.43. The molecular weight excluding hydrogens is 240 g/mol. The first kappa shape index (κ1) is 13.9. The van der Waals surface area contributed by atoms with Crippen LogP contribution in [0.15, 0.2) is 18.2 Å². The molecule has 0 aliphatic carbocycles. The van der Waals surface area contributed by atoms with Crippen LogP contribution in [-0.4, -0.2) is 36.6 Å². The van der Waals surface area contributed by atoms with E-state index in [2.05, 4.69) is 0 Å². The number of ether oxygens (including phenoxy) is 1. The minimum Gasteiger partial charge on any atom is -0.399 e. The molecule has 1 aliphatic rings. The van der Waals surface area contributed by atoms with Crippen LogP contribution in [-0.2, 0) is 4.74 Å². The number of benzene rings is 1. The van der Waals surface area contributed by atoms with Gasteiger partial charge in [0.25, 0.3) is 5.91 Å². The van der Waals surface area contributed by atoms with Crippen molar-refractivity contribution >= 4 is 11.6 Å². The van der Waals surface area contributed by atoms with Gasteiger partial charge in [-0.2, -0.15) is 0 Å². The molecule has 1 saturated heterocycles. The third kappa shape index (κ3) is 3.26. The van der Waals surface area contributed by atoms with Crippen molar-refractivity contribution in [2.24, 2.45) is 0 Å². The Balaban J connectivity index is 2.12. The number of hydrogen-bond acceptors (Lipinski definition) is 3. The molecule has 0 spiro atoms. The molecule has 1 unspecified atom stereocenters. The highest BCUT2D eigenvalue weighted by Crippen LogP contribution is 2.19. The molecule has 2 rings (SSSR count). The monoisotopic (exact) mass is 262 g/mol. The van der Waals surface area contributed by atoms with Crippen molar-refractivity contribution in [3.8, 4) is 0 Å². The molecule has 1 atom stereocenters. The van der Waals surface area contributed by atoms with Crippen molar-refractivity contribution in [2.45, 2.75) is 32.8 Å². The molecule has 104 valence electrons. The second-order valence-electron chi connectivity index (χ2n) is 5.05. The molecule has 0 aromatic heterocycles. The van der Waals surface area contributed by atoms with Crippen LogP contribution >= 0.6 is 0 Å². The molecule has 1 aromatic rings. The summed E-state index contributed by atoms with van der Waals surface area (Å²) in [5.41, 5.74) is 8.08. The second-order valence-corrected chi connectivity index (χ2v) is 5.05. The highest BCUT2D eigenvalue weighted by atomic mass is 16.5. The molecule has 1 fully saturated rings. The molecule has 1 amide bonds. The fourth-order valence-electron chi connectivity index (χ4n) is 2.53. The number of piperidine rings is 1. The minimum absolute atomic E-state index is 0.0641. The van der Waals surface area contributed by atoms with Gasteiger partial charge in [0.1, 0.15) is 0 Å². The number of nitrogen functional groups attached to an aromatic ring is 1. The SMILES string of the molecule is CCOC1CCCN(C(=O)c2cc(N)ccc2C)C1. The van der Waals surface area contributed by atoms with E-state index >= 15 is 0 Å². The van der Waals surface area contributed by atoms with Gasteiger partial charge < -0.3 is 15.4 Å². The number of anilines is 1. The van der Waals surface area contributed by atoms with E-state index in [9.17, 15) is 4.79 Å². The third-order valence-corrected chi connectivity index (χ3v) is 3.56. The van der Waals surface area contributed by atoms with E-state index in [1.165, 1.54) is 0 Å². The number of nitrogens with zero attached hydrogens (tertiary/aromatic N) is 1. The van der Waals surface area contributed by atoms with Crippen LogP contribution in [0.25, 0.3) is 0 Å². The van der Waals surface area contributed by atoms with E-state index in [-0.39, 0.29) is 12.0 Å². The minimum atomic E-state index is 0.0641. The van der Waals surface area contributed by atoms with Gasteiger partial charge in [0.05, 0.1) is 6.10 Å². The number of aryl methyl sites for hydroxylation is 1. The van der Waals surface area contributed by atoms with E-state index in [1.807, 2.05) is 30.9 Å². The largest absolute Gasteiger partial charge is 0.399 e.